The van der Waals surface area contributed by atoms with Crippen LogP contribution in [0.5, 0.6) is 0 Å². The molecular weight excluding hydrogens is 196 g/mol. The normalized spacial score (nSPS) is 12.6. The van der Waals surface area contributed by atoms with Gasteiger partial charge in [-0.1, -0.05) is 50.1 Å². The van der Waals surface area contributed by atoms with E-state index in [2.05, 4.69) is 37.3 Å². The number of rotatable bonds is 8. The molecule has 1 unspecified atom stereocenters. The van der Waals surface area contributed by atoms with Crippen molar-refractivity contribution < 1.29 is 4.74 Å². The van der Waals surface area contributed by atoms with Gasteiger partial charge in [0.15, 0.2) is 0 Å². The molecule has 0 saturated carbocycles. The van der Waals surface area contributed by atoms with Crippen LogP contribution in [0.15, 0.2) is 30.3 Å². The van der Waals surface area contributed by atoms with Crippen molar-refractivity contribution in [2.75, 3.05) is 13.7 Å². The molecule has 16 heavy (non-hydrogen) atoms. The van der Waals surface area contributed by atoms with Gasteiger partial charge >= 0.3 is 0 Å². The number of methoxy groups -OCH3 is 1. The molecule has 1 aromatic rings. The van der Waals surface area contributed by atoms with Crippen LogP contribution >= 0.6 is 0 Å². The predicted molar refractivity (Wildman–Crippen MR) is 69.7 cm³/mol. The highest BCUT2D eigenvalue weighted by molar-refractivity contribution is 5.14. The summed E-state index contributed by atoms with van der Waals surface area (Å²) in [5, 5.41) is 0. The fourth-order valence-corrected chi connectivity index (χ4v) is 1.94. The molecule has 0 saturated heterocycles. The summed E-state index contributed by atoms with van der Waals surface area (Å²) < 4.78 is 5.05. The molecule has 0 heterocycles. The van der Waals surface area contributed by atoms with E-state index in [1.54, 1.807) is 7.11 Å². The highest BCUT2D eigenvalue weighted by atomic mass is 16.5. The third-order valence-electron chi connectivity index (χ3n) is 3.06. The number of hydrogen-bond donors (Lipinski definition) is 0. The molecule has 1 aromatic carbocycles. The maximum atomic E-state index is 5.05. The summed E-state index contributed by atoms with van der Waals surface area (Å²) in [5.41, 5.74) is 1.46. The number of aryl methyl sites for hydroxylation is 1. The van der Waals surface area contributed by atoms with Gasteiger partial charge in [-0.15, -0.1) is 0 Å². The van der Waals surface area contributed by atoms with E-state index in [1.165, 1.54) is 37.7 Å². The zero-order chi connectivity index (χ0) is 11.6. The molecule has 0 bridgehead atoms. The van der Waals surface area contributed by atoms with E-state index >= 15 is 0 Å². The summed E-state index contributed by atoms with van der Waals surface area (Å²) >= 11 is 0. The van der Waals surface area contributed by atoms with Gasteiger partial charge in [-0.25, -0.2) is 0 Å². The van der Waals surface area contributed by atoms with Gasteiger partial charge in [0.25, 0.3) is 0 Å². The van der Waals surface area contributed by atoms with Crippen LogP contribution in [0.1, 0.15) is 38.2 Å². The van der Waals surface area contributed by atoms with E-state index in [9.17, 15) is 0 Å². The first-order valence-electron chi connectivity index (χ1n) is 6.36. The SMILES string of the molecule is COCCCCC(C)CCc1ccccc1. The molecule has 1 atom stereocenters. The third-order valence-corrected chi connectivity index (χ3v) is 3.06. The maximum Gasteiger partial charge on any atom is 0.0462 e. The fraction of sp³-hybridized carbons (Fsp3) is 0.600. The molecular formula is C15H24O. The second-order valence-corrected chi connectivity index (χ2v) is 4.62. The van der Waals surface area contributed by atoms with E-state index in [1.807, 2.05) is 0 Å². The standard InChI is InChI=1S/C15H24O/c1-14(8-6-7-13-16-2)11-12-15-9-4-3-5-10-15/h3-5,9-10,14H,6-8,11-13H2,1-2H3. The van der Waals surface area contributed by atoms with Crippen LogP contribution < -0.4 is 0 Å². The van der Waals surface area contributed by atoms with Gasteiger partial charge in [0.2, 0.25) is 0 Å². The van der Waals surface area contributed by atoms with Gasteiger partial charge in [-0.3, -0.25) is 0 Å². The Morgan fingerprint density at radius 2 is 1.81 bits per heavy atom. The Balaban J connectivity index is 2.08. The Morgan fingerprint density at radius 1 is 1.06 bits per heavy atom. The van der Waals surface area contributed by atoms with Crippen molar-refractivity contribution in [3.63, 3.8) is 0 Å². The summed E-state index contributed by atoms with van der Waals surface area (Å²) in [6.45, 7) is 3.27. The zero-order valence-corrected chi connectivity index (χ0v) is 10.6. The average Bonchev–Trinajstić information content (AvgIpc) is 2.33. The molecule has 1 heteroatoms. The van der Waals surface area contributed by atoms with Crippen molar-refractivity contribution >= 4 is 0 Å². The van der Waals surface area contributed by atoms with Crippen molar-refractivity contribution in [3.8, 4) is 0 Å². The lowest BCUT2D eigenvalue weighted by Gasteiger charge is -2.10. The van der Waals surface area contributed by atoms with Crippen LogP contribution in [0.4, 0.5) is 0 Å². The highest BCUT2D eigenvalue weighted by Crippen LogP contribution is 2.15. The summed E-state index contributed by atoms with van der Waals surface area (Å²) in [6, 6.07) is 10.8. The molecule has 0 amide bonds. The smallest absolute Gasteiger partial charge is 0.0462 e. The van der Waals surface area contributed by atoms with E-state index in [0.29, 0.717) is 0 Å². The number of benzene rings is 1. The topological polar surface area (TPSA) is 9.23 Å². The maximum absolute atomic E-state index is 5.05. The molecule has 0 aliphatic heterocycles. The minimum atomic E-state index is 0.831. The van der Waals surface area contributed by atoms with Crippen LogP contribution in [0, 0.1) is 5.92 Å². The van der Waals surface area contributed by atoms with Crippen molar-refractivity contribution in [2.24, 2.45) is 5.92 Å². The average molecular weight is 220 g/mol. The van der Waals surface area contributed by atoms with Gasteiger partial charge in [0, 0.05) is 13.7 Å². The molecule has 0 radical (unpaired) electrons. The molecule has 1 nitrogen and oxygen atoms in total. The lowest BCUT2D eigenvalue weighted by atomic mass is 9.96. The second kappa shape index (κ2) is 8.35. The van der Waals surface area contributed by atoms with Crippen molar-refractivity contribution in [3.05, 3.63) is 35.9 Å². The van der Waals surface area contributed by atoms with Gasteiger partial charge in [0.05, 0.1) is 0 Å². The Kier molecular flexibility index (Phi) is 6.91. The summed E-state index contributed by atoms with van der Waals surface area (Å²) in [4.78, 5) is 0. The van der Waals surface area contributed by atoms with Crippen LogP contribution in [0.25, 0.3) is 0 Å². The largest absolute Gasteiger partial charge is 0.385 e. The van der Waals surface area contributed by atoms with Crippen LogP contribution in [-0.2, 0) is 11.2 Å². The summed E-state index contributed by atoms with van der Waals surface area (Å²) in [7, 11) is 1.78. The van der Waals surface area contributed by atoms with Gasteiger partial charge in [-0.2, -0.15) is 0 Å². The van der Waals surface area contributed by atoms with E-state index < -0.39 is 0 Å². The number of unbranched alkanes of at least 4 members (excludes halogenated alkanes) is 1. The lowest BCUT2D eigenvalue weighted by Crippen LogP contribution is -1.99. The van der Waals surface area contributed by atoms with E-state index in [0.717, 1.165) is 12.5 Å². The quantitative estimate of drug-likeness (QED) is 0.600. The minimum absolute atomic E-state index is 0.831. The minimum Gasteiger partial charge on any atom is -0.385 e. The van der Waals surface area contributed by atoms with E-state index in [-0.39, 0.29) is 0 Å². The first-order chi connectivity index (χ1) is 7.83. The molecule has 0 N–H and O–H groups in total. The first-order valence-corrected chi connectivity index (χ1v) is 6.36. The van der Waals surface area contributed by atoms with E-state index in [4.69, 9.17) is 4.74 Å². The third kappa shape index (κ3) is 5.92. The van der Waals surface area contributed by atoms with Gasteiger partial charge < -0.3 is 4.74 Å². The Morgan fingerprint density at radius 3 is 2.50 bits per heavy atom. The monoisotopic (exact) mass is 220 g/mol. The molecule has 0 fully saturated rings. The fourth-order valence-electron chi connectivity index (χ4n) is 1.94. The summed E-state index contributed by atoms with van der Waals surface area (Å²) in [6.07, 6.45) is 6.34. The first kappa shape index (κ1) is 13.2. The number of ether oxygens (including phenoxy) is 1. The van der Waals surface area contributed by atoms with Gasteiger partial charge in [0.1, 0.15) is 0 Å². The summed E-state index contributed by atoms with van der Waals surface area (Å²) in [5.74, 6) is 0.831. The molecule has 0 aromatic heterocycles. The highest BCUT2D eigenvalue weighted by Gasteiger charge is 2.02. The molecule has 0 aliphatic carbocycles. The van der Waals surface area contributed by atoms with Gasteiger partial charge in [-0.05, 0) is 30.7 Å². The van der Waals surface area contributed by atoms with Crippen LogP contribution in [0.3, 0.4) is 0 Å². The predicted octanol–water partition coefficient (Wildman–Crippen LogP) is 4.07. The Labute approximate surface area is 99.8 Å². The Hall–Kier alpha value is -0.820. The van der Waals surface area contributed by atoms with Crippen molar-refractivity contribution in [1.82, 2.24) is 0 Å². The number of hydrogen-bond acceptors (Lipinski definition) is 1. The second-order valence-electron chi connectivity index (χ2n) is 4.62. The van der Waals surface area contributed by atoms with Crippen LogP contribution in [-0.4, -0.2) is 13.7 Å². The molecule has 0 spiro atoms. The van der Waals surface area contributed by atoms with Crippen molar-refractivity contribution in [2.45, 2.75) is 39.0 Å². The molecule has 1 rings (SSSR count). The molecule has 0 aliphatic rings. The van der Waals surface area contributed by atoms with Crippen molar-refractivity contribution in [1.29, 1.82) is 0 Å². The van der Waals surface area contributed by atoms with Crippen LogP contribution in [0.2, 0.25) is 0 Å². The zero-order valence-electron chi connectivity index (χ0n) is 10.6. The lowest BCUT2D eigenvalue weighted by molar-refractivity contribution is 0.190. The molecule has 90 valence electrons. The Bertz CT molecular complexity index is 255.